The predicted molar refractivity (Wildman–Crippen MR) is 88.9 cm³/mol. The number of nitrogens with two attached hydrogens (primary N) is 2. The second-order valence-electron chi connectivity index (χ2n) is 5.21. The quantitative estimate of drug-likeness (QED) is 0.725. The van der Waals surface area contributed by atoms with E-state index in [1.165, 1.54) is 0 Å². The molecule has 0 atom stereocenters. The lowest BCUT2D eigenvalue weighted by Crippen LogP contribution is -2.03. The van der Waals surface area contributed by atoms with Gasteiger partial charge in [0, 0.05) is 5.69 Å². The zero-order valence-electron chi connectivity index (χ0n) is 12.6. The molecule has 5 heteroatoms. The molecule has 0 radical (unpaired) electrons. The number of fused-ring (bicyclic) bond motifs is 1. The van der Waals surface area contributed by atoms with Crippen molar-refractivity contribution in [2.75, 3.05) is 18.6 Å². The number of nitrogen functional groups attached to an aromatic ring is 2. The van der Waals surface area contributed by atoms with Crippen molar-refractivity contribution in [2.45, 2.75) is 13.3 Å². The molecule has 4 N–H and O–H groups in total. The Morgan fingerprint density at radius 2 is 1.73 bits per heavy atom. The molecule has 1 aromatic heterocycles. The summed E-state index contributed by atoms with van der Waals surface area (Å²) < 4.78 is 5.17. The molecule has 0 bridgehead atoms. The number of aryl methyl sites for hydroxylation is 1. The third-order valence-electron chi connectivity index (χ3n) is 3.69. The Labute approximate surface area is 128 Å². The molecular formula is C17H18N4O. The van der Waals surface area contributed by atoms with Crippen LogP contribution in [0.15, 0.2) is 36.4 Å². The van der Waals surface area contributed by atoms with E-state index in [0.717, 1.165) is 34.2 Å². The van der Waals surface area contributed by atoms with Crippen LogP contribution < -0.4 is 16.2 Å². The van der Waals surface area contributed by atoms with Gasteiger partial charge in [0.1, 0.15) is 17.4 Å². The van der Waals surface area contributed by atoms with Crippen molar-refractivity contribution < 1.29 is 4.74 Å². The third-order valence-corrected chi connectivity index (χ3v) is 3.69. The Morgan fingerprint density at radius 3 is 2.41 bits per heavy atom. The number of ether oxygens (including phenoxy) is 1. The first-order chi connectivity index (χ1) is 10.6. The minimum Gasteiger partial charge on any atom is -0.497 e. The molecule has 0 spiro atoms. The second-order valence-corrected chi connectivity index (χ2v) is 5.21. The number of hydrogen-bond donors (Lipinski definition) is 2. The second kappa shape index (κ2) is 5.52. The summed E-state index contributed by atoms with van der Waals surface area (Å²) in [6.45, 7) is 1.82. The van der Waals surface area contributed by atoms with Crippen LogP contribution in [0.1, 0.15) is 17.0 Å². The molecule has 0 saturated heterocycles. The van der Waals surface area contributed by atoms with Crippen LogP contribution in [0.4, 0.5) is 11.5 Å². The zero-order chi connectivity index (χ0) is 15.7. The molecule has 3 rings (SSSR count). The van der Waals surface area contributed by atoms with Crippen molar-refractivity contribution >= 4 is 22.4 Å². The number of rotatable bonds is 3. The summed E-state index contributed by atoms with van der Waals surface area (Å²) in [5, 5.41) is 0.733. The van der Waals surface area contributed by atoms with Gasteiger partial charge in [-0.1, -0.05) is 18.2 Å². The molecule has 0 aliphatic carbocycles. The number of hydrogen-bond acceptors (Lipinski definition) is 5. The van der Waals surface area contributed by atoms with E-state index < -0.39 is 0 Å². The molecule has 0 fully saturated rings. The summed E-state index contributed by atoms with van der Waals surface area (Å²) >= 11 is 0. The summed E-state index contributed by atoms with van der Waals surface area (Å²) in [7, 11) is 1.65. The maximum Gasteiger partial charge on any atom is 0.137 e. The van der Waals surface area contributed by atoms with Crippen molar-refractivity contribution in [3.05, 3.63) is 53.3 Å². The molecule has 0 aliphatic rings. The molecule has 0 saturated carbocycles. The van der Waals surface area contributed by atoms with Crippen LogP contribution in [0.2, 0.25) is 0 Å². The molecule has 3 aromatic rings. The summed E-state index contributed by atoms with van der Waals surface area (Å²) in [6, 6.07) is 11.9. The van der Waals surface area contributed by atoms with E-state index in [1.807, 2.05) is 43.3 Å². The molecule has 5 nitrogen and oxygen atoms in total. The largest absolute Gasteiger partial charge is 0.497 e. The van der Waals surface area contributed by atoms with Crippen LogP contribution in [0.25, 0.3) is 10.9 Å². The Kier molecular flexibility index (Phi) is 3.55. The lowest BCUT2D eigenvalue weighted by atomic mass is 10.0. The fraction of sp³-hybridized carbons (Fsp3) is 0.176. The number of aromatic nitrogens is 2. The van der Waals surface area contributed by atoms with Gasteiger partial charge in [-0.25, -0.2) is 9.97 Å². The molecule has 112 valence electrons. The molecule has 22 heavy (non-hydrogen) atoms. The molecule has 1 heterocycles. The first kappa shape index (κ1) is 14.1. The van der Waals surface area contributed by atoms with Crippen molar-refractivity contribution in [3.63, 3.8) is 0 Å². The van der Waals surface area contributed by atoms with Crippen LogP contribution in [0, 0.1) is 6.92 Å². The van der Waals surface area contributed by atoms with Crippen molar-refractivity contribution in [1.29, 1.82) is 0 Å². The molecular weight excluding hydrogens is 276 g/mol. The van der Waals surface area contributed by atoms with Gasteiger partial charge < -0.3 is 16.2 Å². The third kappa shape index (κ3) is 2.53. The lowest BCUT2D eigenvalue weighted by Gasteiger charge is -2.11. The monoisotopic (exact) mass is 294 g/mol. The molecule has 0 amide bonds. The van der Waals surface area contributed by atoms with E-state index in [-0.39, 0.29) is 0 Å². The zero-order valence-corrected chi connectivity index (χ0v) is 12.6. The maximum atomic E-state index is 6.29. The average molecular weight is 294 g/mol. The fourth-order valence-electron chi connectivity index (χ4n) is 2.56. The Balaban J connectivity index is 2.02. The first-order valence-electron chi connectivity index (χ1n) is 7.02. The van der Waals surface area contributed by atoms with E-state index in [1.54, 1.807) is 7.11 Å². The summed E-state index contributed by atoms with van der Waals surface area (Å²) in [5.74, 6) is 1.91. The molecule has 0 aliphatic heterocycles. The Hall–Kier alpha value is -2.82. The van der Waals surface area contributed by atoms with Gasteiger partial charge in [0.05, 0.1) is 18.0 Å². The van der Waals surface area contributed by atoms with Crippen molar-refractivity contribution in [1.82, 2.24) is 9.97 Å². The van der Waals surface area contributed by atoms with Crippen LogP contribution in [-0.4, -0.2) is 17.1 Å². The number of benzene rings is 2. The Bertz CT molecular complexity index is 828. The van der Waals surface area contributed by atoms with Crippen molar-refractivity contribution in [2.24, 2.45) is 0 Å². The SMILES string of the molecule is COc1ccc(Cc2ccc3nc(C)nc(N)c3c2N)cc1. The number of nitrogens with zero attached hydrogens (tertiary/aromatic N) is 2. The van der Waals surface area contributed by atoms with E-state index in [9.17, 15) is 0 Å². The van der Waals surface area contributed by atoms with E-state index in [2.05, 4.69) is 9.97 Å². The first-order valence-corrected chi connectivity index (χ1v) is 7.02. The van der Waals surface area contributed by atoms with E-state index in [0.29, 0.717) is 17.3 Å². The van der Waals surface area contributed by atoms with Gasteiger partial charge in [0.15, 0.2) is 0 Å². The predicted octanol–water partition coefficient (Wildman–Crippen LogP) is 2.70. The van der Waals surface area contributed by atoms with Gasteiger partial charge in [0.25, 0.3) is 0 Å². The fourth-order valence-corrected chi connectivity index (χ4v) is 2.56. The van der Waals surface area contributed by atoms with Gasteiger partial charge in [-0.15, -0.1) is 0 Å². The van der Waals surface area contributed by atoms with Crippen LogP contribution in [0.5, 0.6) is 5.75 Å². The van der Waals surface area contributed by atoms with Gasteiger partial charge >= 0.3 is 0 Å². The molecule has 0 unspecified atom stereocenters. The number of methoxy groups -OCH3 is 1. The Morgan fingerprint density at radius 1 is 1.00 bits per heavy atom. The lowest BCUT2D eigenvalue weighted by molar-refractivity contribution is 0.414. The smallest absolute Gasteiger partial charge is 0.137 e. The summed E-state index contributed by atoms with van der Waals surface area (Å²) in [4.78, 5) is 8.58. The minimum absolute atomic E-state index is 0.427. The van der Waals surface area contributed by atoms with Gasteiger partial charge in [0.2, 0.25) is 0 Å². The number of anilines is 2. The average Bonchev–Trinajstić information content (AvgIpc) is 2.50. The minimum atomic E-state index is 0.427. The van der Waals surface area contributed by atoms with Crippen LogP contribution >= 0.6 is 0 Å². The van der Waals surface area contributed by atoms with Gasteiger partial charge in [-0.05, 0) is 42.7 Å². The summed E-state index contributed by atoms with van der Waals surface area (Å²) in [5.41, 5.74) is 15.9. The van der Waals surface area contributed by atoms with E-state index >= 15 is 0 Å². The van der Waals surface area contributed by atoms with Gasteiger partial charge in [-0.3, -0.25) is 0 Å². The van der Waals surface area contributed by atoms with E-state index in [4.69, 9.17) is 16.2 Å². The van der Waals surface area contributed by atoms with Gasteiger partial charge in [-0.2, -0.15) is 0 Å². The highest BCUT2D eigenvalue weighted by atomic mass is 16.5. The molecule has 2 aromatic carbocycles. The summed E-state index contributed by atoms with van der Waals surface area (Å²) in [6.07, 6.45) is 0.721. The highest BCUT2D eigenvalue weighted by Crippen LogP contribution is 2.29. The highest BCUT2D eigenvalue weighted by Gasteiger charge is 2.11. The maximum absolute atomic E-state index is 6.29. The van der Waals surface area contributed by atoms with Crippen LogP contribution in [-0.2, 0) is 6.42 Å². The standard InChI is InChI=1S/C17H18N4O/c1-10-20-14-8-5-12(16(18)15(14)17(19)21-10)9-11-3-6-13(22-2)7-4-11/h3-8H,9,18H2,1-2H3,(H2,19,20,21). The topological polar surface area (TPSA) is 87.0 Å². The van der Waals surface area contributed by atoms with Crippen molar-refractivity contribution in [3.8, 4) is 5.75 Å². The highest BCUT2D eigenvalue weighted by molar-refractivity contribution is 5.99. The normalized spacial score (nSPS) is 10.8. The van der Waals surface area contributed by atoms with Crippen LogP contribution in [0.3, 0.4) is 0 Å².